The molecule has 0 fully saturated rings. The molecule has 0 heterocycles. The highest BCUT2D eigenvalue weighted by molar-refractivity contribution is 5.68. The van der Waals surface area contributed by atoms with Gasteiger partial charge in [-0.05, 0) is 39.5 Å². The van der Waals surface area contributed by atoms with Gasteiger partial charge in [-0.25, -0.2) is 0 Å². The van der Waals surface area contributed by atoms with E-state index >= 15 is 0 Å². The van der Waals surface area contributed by atoms with Gasteiger partial charge in [0.25, 0.3) is 0 Å². The average Bonchev–Trinajstić information content (AvgIpc) is 2.14. The van der Waals surface area contributed by atoms with Gasteiger partial charge in [-0.2, -0.15) is 0 Å². The fraction of sp³-hybridized carbons (Fsp3) is 0.889. The maximum Gasteiger partial charge on any atom is 0.305 e. The second kappa shape index (κ2) is 8.01. The van der Waals surface area contributed by atoms with Crippen LogP contribution in [0.4, 0.5) is 0 Å². The maximum absolute atomic E-state index is 10.7. The van der Waals surface area contributed by atoms with Crippen LogP contribution in [-0.2, 0) is 9.53 Å². The van der Waals surface area contributed by atoms with E-state index in [2.05, 4.69) is 9.64 Å². The quantitative estimate of drug-likeness (QED) is 0.581. The summed E-state index contributed by atoms with van der Waals surface area (Å²) in [6, 6.07) is 0. The Bertz CT molecular complexity index is 140. The van der Waals surface area contributed by atoms with E-state index in [9.17, 15) is 4.79 Å². The van der Waals surface area contributed by atoms with Crippen LogP contribution in [0.3, 0.4) is 0 Å². The molecule has 0 rings (SSSR count). The van der Waals surface area contributed by atoms with Crippen molar-refractivity contribution in [2.75, 3.05) is 33.8 Å². The summed E-state index contributed by atoms with van der Waals surface area (Å²) in [6.45, 7) is 2.65. The number of methoxy groups -OCH3 is 1. The molecule has 0 bridgehead atoms. The molecule has 78 valence electrons. The lowest BCUT2D eigenvalue weighted by Gasteiger charge is -2.14. The summed E-state index contributed by atoms with van der Waals surface area (Å²) in [7, 11) is 3.45. The molecule has 0 aromatic carbocycles. The summed E-state index contributed by atoms with van der Waals surface area (Å²) < 4.78 is 4.54. The molecule has 4 nitrogen and oxygen atoms in total. The van der Waals surface area contributed by atoms with E-state index in [1.54, 1.807) is 0 Å². The second-order valence-electron chi connectivity index (χ2n) is 3.13. The first-order valence-electron chi connectivity index (χ1n) is 4.66. The topological polar surface area (TPSA) is 55.6 Å². The number of esters is 1. The molecule has 0 saturated heterocycles. The van der Waals surface area contributed by atoms with Crippen LogP contribution in [0.2, 0.25) is 0 Å². The van der Waals surface area contributed by atoms with E-state index in [0.29, 0.717) is 6.42 Å². The highest BCUT2D eigenvalue weighted by Gasteiger charge is 2.01. The largest absolute Gasteiger partial charge is 0.469 e. The van der Waals surface area contributed by atoms with Crippen molar-refractivity contribution < 1.29 is 9.53 Å². The van der Waals surface area contributed by atoms with Gasteiger partial charge in [0.1, 0.15) is 0 Å². The molecule has 0 saturated carbocycles. The third kappa shape index (κ3) is 7.74. The van der Waals surface area contributed by atoms with Crippen LogP contribution >= 0.6 is 0 Å². The van der Waals surface area contributed by atoms with Gasteiger partial charge >= 0.3 is 5.97 Å². The molecule has 0 aliphatic carbocycles. The van der Waals surface area contributed by atoms with E-state index in [1.807, 2.05) is 7.05 Å². The van der Waals surface area contributed by atoms with E-state index in [-0.39, 0.29) is 5.97 Å². The molecule has 0 aromatic heterocycles. The van der Waals surface area contributed by atoms with Crippen molar-refractivity contribution in [3.05, 3.63) is 0 Å². The first kappa shape index (κ1) is 12.4. The SMILES string of the molecule is COC(=O)CCCN(C)CCCN. The number of rotatable bonds is 7. The van der Waals surface area contributed by atoms with Gasteiger partial charge in [0.15, 0.2) is 0 Å². The fourth-order valence-corrected chi connectivity index (χ4v) is 1.07. The summed E-state index contributed by atoms with van der Waals surface area (Å²) in [5.74, 6) is -0.132. The third-order valence-corrected chi connectivity index (χ3v) is 1.89. The van der Waals surface area contributed by atoms with Gasteiger partial charge in [-0.3, -0.25) is 4.79 Å². The van der Waals surface area contributed by atoms with E-state index in [0.717, 1.165) is 32.5 Å². The smallest absolute Gasteiger partial charge is 0.305 e. The molecule has 4 heteroatoms. The van der Waals surface area contributed by atoms with Crippen LogP contribution in [0, 0.1) is 0 Å². The van der Waals surface area contributed by atoms with Gasteiger partial charge in [0.05, 0.1) is 7.11 Å². The van der Waals surface area contributed by atoms with Crippen LogP contribution in [0.25, 0.3) is 0 Å². The van der Waals surface area contributed by atoms with Crippen molar-refractivity contribution >= 4 is 5.97 Å². The first-order chi connectivity index (χ1) is 6.20. The Labute approximate surface area is 80.0 Å². The Hall–Kier alpha value is -0.610. The molecule has 2 N–H and O–H groups in total. The van der Waals surface area contributed by atoms with Crippen molar-refractivity contribution in [2.45, 2.75) is 19.3 Å². The normalized spacial score (nSPS) is 10.5. The number of carbonyl (C=O) groups is 1. The monoisotopic (exact) mass is 188 g/mol. The predicted octanol–water partition coefficient (Wildman–Crippen LogP) is 0.220. The summed E-state index contributed by atoms with van der Waals surface area (Å²) in [4.78, 5) is 12.9. The Morgan fingerprint density at radius 3 is 2.54 bits per heavy atom. The molecule has 0 aliphatic rings. The predicted molar refractivity (Wildman–Crippen MR) is 52.4 cm³/mol. The molecule has 0 aliphatic heterocycles. The molecule has 13 heavy (non-hydrogen) atoms. The van der Waals surface area contributed by atoms with Crippen molar-refractivity contribution in [1.82, 2.24) is 4.90 Å². The average molecular weight is 188 g/mol. The minimum absolute atomic E-state index is 0.132. The zero-order valence-corrected chi connectivity index (χ0v) is 8.58. The van der Waals surface area contributed by atoms with Gasteiger partial charge < -0.3 is 15.4 Å². The van der Waals surface area contributed by atoms with Crippen LogP contribution in [0.15, 0.2) is 0 Å². The Kier molecular flexibility index (Phi) is 7.63. The second-order valence-corrected chi connectivity index (χ2v) is 3.13. The highest BCUT2D eigenvalue weighted by Crippen LogP contribution is 1.95. The van der Waals surface area contributed by atoms with Gasteiger partial charge in [0.2, 0.25) is 0 Å². The highest BCUT2D eigenvalue weighted by atomic mass is 16.5. The molecular weight excluding hydrogens is 168 g/mol. The van der Waals surface area contributed by atoms with E-state index in [4.69, 9.17) is 5.73 Å². The van der Waals surface area contributed by atoms with Crippen LogP contribution in [0.5, 0.6) is 0 Å². The number of nitrogens with zero attached hydrogens (tertiary/aromatic N) is 1. The molecule has 0 amide bonds. The van der Waals surface area contributed by atoms with Crippen LogP contribution in [-0.4, -0.2) is 44.7 Å². The number of hydrogen-bond acceptors (Lipinski definition) is 4. The number of carbonyl (C=O) groups excluding carboxylic acids is 1. The zero-order valence-electron chi connectivity index (χ0n) is 8.58. The van der Waals surface area contributed by atoms with Crippen LogP contribution in [0.1, 0.15) is 19.3 Å². The molecular formula is C9H20N2O2. The Morgan fingerprint density at radius 2 is 2.00 bits per heavy atom. The first-order valence-corrected chi connectivity index (χ1v) is 4.66. The van der Waals surface area contributed by atoms with Crippen molar-refractivity contribution in [3.8, 4) is 0 Å². The standard InChI is InChI=1S/C9H20N2O2/c1-11(8-4-6-10)7-3-5-9(12)13-2/h3-8,10H2,1-2H3. The lowest BCUT2D eigenvalue weighted by molar-refractivity contribution is -0.140. The molecule has 0 aromatic rings. The fourth-order valence-electron chi connectivity index (χ4n) is 1.07. The number of ether oxygens (including phenoxy) is 1. The van der Waals surface area contributed by atoms with E-state index < -0.39 is 0 Å². The lowest BCUT2D eigenvalue weighted by Crippen LogP contribution is -2.23. The zero-order chi connectivity index (χ0) is 10.1. The minimum Gasteiger partial charge on any atom is -0.469 e. The van der Waals surface area contributed by atoms with Crippen molar-refractivity contribution in [2.24, 2.45) is 5.73 Å². The summed E-state index contributed by atoms with van der Waals surface area (Å²) in [6.07, 6.45) is 2.37. The maximum atomic E-state index is 10.7. The van der Waals surface area contributed by atoms with Crippen molar-refractivity contribution in [3.63, 3.8) is 0 Å². The Balaban J connectivity index is 3.26. The molecule has 0 spiro atoms. The summed E-state index contributed by atoms with van der Waals surface area (Å²) in [5.41, 5.74) is 5.37. The molecule has 0 radical (unpaired) electrons. The van der Waals surface area contributed by atoms with Gasteiger partial charge in [-0.15, -0.1) is 0 Å². The molecule has 0 unspecified atom stereocenters. The third-order valence-electron chi connectivity index (χ3n) is 1.89. The minimum atomic E-state index is -0.132. The number of hydrogen-bond donors (Lipinski definition) is 1. The summed E-state index contributed by atoms with van der Waals surface area (Å²) in [5, 5.41) is 0. The summed E-state index contributed by atoms with van der Waals surface area (Å²) >= 11 is 0. The van der Waals surface area contributed by atoms with E-state index in [1.165, 1.54) is 7.11 Å². The lowest BCUT2D eigenvalue weighted by atomic mass is 10.3. The van der Waals surface area contributed by atoms with Gasteiger partial charge in [-0.1, -0.05) is 0 Å². The van der Waals surface area contributed by atoms with Gasteiger partial charge in [0, 0.05) is 6.42 Å². The Morgan fingerprint density at radius 1 is 1.38 bits per heavy atom. The van der Waals surface area contributed by atoms with Crippen molar-refractivity contribution in [1.29, 1.82) is 0 Å². The van der Waals surface area contributed by atoms with Crippen LogP contribution < -0.4 is 5.73 Å². The molecule has 0 atom stereocenters. The number of nitrogens with two attached hydrogens (primary N) is 1.